The average Bonchev–Trinajstić information content (AvgIpc) is 2.18. The highest BCUT2D eigenvalue weighted by molar-refractivity contribution is 5.75. The fraction of sp³-hybridized carbons (Fsp3) is 0.462. The number of nitrogen functional groups attached to an aromatic ring is 1. The highest BCUT2D eigenvalue weighted by Crippen LogP contribution is 2.17. The summed E-state index contributed by atoms with van der Waals surface area (Å²) in [5.74, 6) is -0.273. The molecule has 0 saturated heterocycles. The lowest BCUT2D eigenvalue weighted by Gasteiger charge is -2.19. The monoisotopic (exact) mass is 236 g/mol. The van der Waals surface area contributed by atoms with Crippen LogP contribution in [0, 0.1) is 0 Å². The molecule has 0 aliphatic carbocycles. The molecule has 0 bridgehead atoms. The van der Waals surface area contributed by atoms with E-state index < -0.39 is 5.60 Å². The van der Waals surface area contributed by atoms with Crippen LogP contribution in [-0.2, 0) is 22.5 Å². The molecule has 0 aliphatic heterocycles. The molecule has 0 heterocycles. The van der Waals surface area contributed by atoms with Crippen molar-refractivity contribution in [2.75, 3.05) is 5.73 Å². The van der Waals surface area contributed by atoms with E-state index in [1.807, 2.05) is 32.9 Å². The number of carbonyl (C=O) groups is 1. The first-order chi connectivity index (χ1) is 7.81. The molecule has 0 aromatic heterocycles. The molecule has 4 N–H and O–H groups in total. The lowest BCUT2D eigenvalue weighted by atomic mass is 10.1. The second-order valence-electron chi connectivity index (χ2n) is 5.00. The van der Waals surface area contributed by atoms with E-state index in [2.05, 4.69) is 0 Å². The van der Waals surface area contributed by atoms with E-state index in [-0.39, 0.29) is 12.4 Å². The molecule has 0 saturated carbocycles. The van der Waals surface area contributed by atoms with Crippen molar-refractivity contribution in [3.05, 3.63) is 29.3 Å². The number of anilines is 1. The Morgan fingerprint density at radius 3 is 2.47 bits per heavy atom. The van der Waals surface area contributed by atoms with Crippen molar-refractivity contribution >= 4 is 11.7 Å². The maximum atomic E-state index is 11.6. The summed E-state index contributed by atoms with van der Waals surface area (Å²) < 4.78 is 5.23. The highest BCUT2D eigenvalue weighted by atomic mass is 16.6. The molecule has 0 spiro atoms. The summed E-state index contributed by atoms with van der Waals surface area (Å²) in [6, 6.07) is 5.48. The van der Waals surface area contributed by atoms with Gasteiger partial charge in [0.05, 0.1) is 6.42 Å². The molecule has 0 unspecified atom stereocenters. The topological polar surface area (TPSA) is 78.3 Å². The predicted molar refractivity (Wildman–Crippen MR) is 68.3 cm³/mol. The zero-order valence-corrected chi connectivity index (χ0v) is 10.6. The smallest absolute Gasteiger partial charge is 0.310 e. The second-order valence-corrected chi connectivity index (χ2v) is 5.00. The van der Waals surface area contributed by atoms with Crippen LogP contribution in [0.4, 0.5) is 5.69 Å². The highest BCUT2D eigenvalue weighted by Gasteiger charge is 2.17. The third-order valence-electron chi connectivity index (χ3n) is 2.20. The Hall–Kier alpha value is -1.55. The summed E-state index contributed by atoms with van der Waals surface area (Å²) in [5.41, 5.74) is 13.2. The van der Waals surface area contributed by atoms with Crippen molar-refractivity contribution in [1.29, 1.82) is 0 Å². The minimum absolute atomic E-state index is 0.188. The van der Waals surface area contributed by atoms with Crippen LogP contribution in [0.2, 0.25) is 0 Å². The van der Waals surface area contributed by atoms with Gasteiger partial charge in [0.2, 0.25) is 0 Å². The van der Waals surface area contributed by atoms with Crippen LogP contribution in [0.3, 0.4) is 0 Å². The van der Waals surface area contributed by atoms with Crippen LogP contribution in [-0.4, -0.2) is 11.6 Å². The number of hydrogen-bond acceptors (Lipinski definition) is 4. The van der Waals surface area contributed by atoms with Crippen LogP contribution >= 0.6 is 0 Å². The predicted octanol–water partition coefficient (Wildman–Crippen LogP) is 1.61. The fourth-order valence-electron chi connectivity index (χ4n) is 1.47. The van der Waals surface area contributed by atoms with Crippen molar-refractivity contribution in [3.8, 4) is 0 Å². The molecule has 0 atom stereocenters. The number of carbonyl (C=O) groups excluding carboxylic acids is 1. The number of ether oxygens (including phenoxy) is 1. The molecular weight excluding hydrogens is 216 g/mol. The van der Waals surface area contributed by atoms with E-state index in [9.17, 15) is 4.79 Å². The summed E-state index contributed by atoms with van der Waals surface area (Å²) in [5, 5.41) is 0. The molecule has 1 aromatic carbocycles. The molecule has 1 rings (SSSR count). The van der Waals surface area contributed by atoms with E-state index in [0.29, 0.717) is 12.2 Å². The molecular formula is C13H20N2O2. The van der Waals surface area contributed by atoms with Gasteiger partial charge in [-0.1, -0.05) is 12.1 Å². The van der Waals surface area contributed by atoms with E-state index in [0.717, 1.165) is 11.1 Å². The zero-order chi connectivity index (χ0) is 13.1. The Bertz CT molecular complexity index is 408. The van der Waals surface area contributed by atoms with Gasteiger partial charge in [0.15, 0.2) is 0 Å². The van der Waals surface area contributed by atoms with E-state index in [1.165, 1.54) is 0 Å². The number of rotatable bonds is 3. The van der Waals surface area contributed by atoms with Crippen LogP contribution in [0.15, 0.2) is 18.2 Å². The van der Waals surface area contributed by atoms with E-state index >= 15 is 0 Å². The Labute approximate surface area is 102 Å². The van der Waals surface area contributed by atoms with E-state index in [1.54, 1.807) is 6.07 Å². The van der Waals surface area contributed by atoms with Crippen molar-refractivity contribution in [2.24, 2.45) is 5.73 Å². The summed E-state index contributed by atoms with van der Waals surface area (Å²) in [6.07, 6.45) is 0.188. The summed E-state index contributed by atoms with van der Waals surface area (Å²) >= 11 is 0. The van der Waals surface area contributed by atoms with Gasteiger partial charge in [-0.3, -0.25) is 4.79 Å². The lowest BCUT2D eigenvalue weighted by molar-refractivity contribution is -0.153. The molecule has 0 amide bonds. The summed E-state index contributed by atoms with van der Waals surface area (Å²) in [4.78, 5) is 11.6. The quantitative estimate of drug-likeness (QED) is 0.617. The maximum Gasteiger partial charge on any atom is 0.310 e. The summed E-state index contributed by atoms with van der Waals surface area (Å²) in [6.45, 7) is 5.96. The largest absolute Gasteiger partial charge is 0.460 e. The Morgan fingerprint density at radius 1 is 1.35 bits per heavy atom. The van der Waals surface area contributed by atoms with Crippen LogP contribution in [0.25, 0.3) is 0 Å². The third-order valence-corrected chi connectivity index (χ3v) is 2.20. The van der Waals surface area contributed by atoms with Gasteiger partial charge in [0.25, 0.3) is 0 Å². The zero-order valence-electron chi connectivity index (χ0n) is 10.6. The Kier molecular flexibility index (Phi) is 4.12. The second kappa shape index (κ2) is 5.19. The van der Waals surface area contributed by atoms with Gasteiger partial charge in [0.1, 0.15) is 5.60 Å². The molecule has 0 aliphatic rings. The number of hydrogen-bond donors (Lipinski definition) is 2. The van der Waals surface area contributed by atoms with Crippen molar-refractivity contribution in [2.45, 2.75) is 39.3 Å². The van der Waals surface area contributed by atoms with Gasteiger partial charge in [-0.25, -0.2) is 0 Å². The molecule has 4 heteroatoms. The van der Waals surface area contributed by atoms with Crippen LogP contribution < -0.4 is 11.5 Å². The Balaban J connectivity index is 2.72. The first-order valence-corrected chi connectivity index (χ1v) is 5.61. The van der Waals surface area contributed by atoms with E-state index in [4.69, 9.17) is 16.2 Å². The molecule has 0 fully saturated rings. The molecule has 0 radical (unpaired) electrons. The first-order valence-electron chi connectivity index (χ1n) is 5.61. The van der Waals surface area contributed by atoms with Crippen molar-refractivity contribution < 1.29 is 9.53 Å². The number of nitrogens with two attached hydrogens (primary N) is 2. The maximum absolute atomic E-state index is 11.6. The fourth-order valence-corrected chi connectivity index (χ4v) is 1.47. The number of esters is 1. The normalized spacial score (nSPS) is 11.3. The third kappa shape index (κ3) is 4.44. The van der Waals surface area contributed by atoms with Gasteiger partial charge >= 0.3 is 5.97 Å². The molecule has 4 nitrogen and oxygen atoms in total. The minimum atomic E-state index is -0.469. The van der Waals surface area contributed by atoms with Crippen molar-refractivity contribution in [1.82, 2.24) is 0 Å². The standard InChI is InChI=1S/C13H20N2O2/c1-13(2,3)17-12(16)7-10-5-4-9(8-14)6-11(10)15/h4-6H,7-8,14-15H2,1-3H3. The van der Waals surface area contributed by atoms with Gasteiger partial charge < -0.3 is 16.2 Å². The first kappa shape index (κ1) is 13.5. The van der Waals surface area contributed by atoms with Crippen molar-refractivity contribution in [3.63, 3.8) is 0 Å². The van der Waals surface area contributed by atoms with Gasteiger partial charge in [-0.2, -0.15) is 0 Å². The molecule has 1 aromatic rings. The van der Waals surface area contributed by atoms with Gasteiger partial charge in [-0.05, 0) is 38.0 Å². The van der Waals surface area contributed by atoms with Gasteiger partial charge in [0, 0.05) is 12.2 Å². The van der Waals surface area contributed by atoms with Crippen LogP contribution in [0.1, 0.15) is 31.9 Å². The number of benzene rings is 1. The van der Waals surface area contributed by atoms with Crippen LogP contribution in [0.5, 0.6) is 0 Å². The Morgan fingerprint density at radius 2 is 2.00 bits per heavy atom. The molecule has 94 valence electrons. The lowest BCUT2D eigenvalue weighted by Crippen LogP contribution is -2.25. The summed E-state index contributed by atoms with van der Waals surface area (Å²) in [7, 11) is 0. The SMILES string of the molecule is CC(C)(C)OC(=O)Cc1ccc(CN)cc1N. The molecule has 17 heavy (non-hydrogen) atoms. The minimum Gasteiger partial charge on any atom is -0.460 e. The average molecular weight is 236 g/mol. The van der Waals surface area contributed by atoms with Gasteiger partial charge in [-0.15, -0.1) is 0 Å².